The van der Waals surface area contributed by atoms with E-state index in [4.69, 9.17) is 27.9 Å². The number of carbonyl (C=O) groups is 1. The number of ether oxygens (including phenoxy) is 1. The SMILES string of the molecule is CSc1ncc(Cl)c(C(=O)OCc2cccc(Cl)c2)n1. The Hall–Kier alpha value is -1.30. The highest BCUT2D eigenvalue weighted by atomic mass is 35.5. The Morgan fingerprint density at radius 2 is 2.20 bits per heavy atom. The Bertz CT molecular complexity index is 638. The van der Waals surface area contributed by atoms with Gasteiger partial charge in [0.25, 0.3) is 0 Å². The predicted octanol–water partition coefficient (Wildman–Crippen LogP) is 3.86. The second-order valence-corrected chi connectivity index (χ2v) is 5.38. The van der Waals surface area contributed by atoms with Crippen molar-refractivity contribution in [1.29, 1.82) is 0 Å². The molecule has 0 aliphatic carbocycles. The summed E-state index contributed by atoms with van der Waals surface area (Å²) in [5, 5.41) is 1.21. The first-order chi connectivity index (χ1) is 9.60. The molecule has 0 fully saturated rings. The van der Waals surface area contributed by atoms with Crippen molar-refractivity contribution in [2.75, 3.05) is 6.26 Å². The summed E-state index contributed by atoms with van der Waals surface area (Å²) in [4.78, 5) is 20.0. The van der Waals surface area contributed by atoms with Crippen LogP contribution in [0.2, 0.25) is 10.0 Å². The van der Waals surface area contributed by atoms with E-state index in [-0.39, 0.29) is 17.3 Å². The molecule has 0 aliphatic heterocycles. The molecule has 0 radical (unpaired) electrons. The monoisotopic (exact) mass is 328 g/mol. The largest absolute Gasteiger partial charge is 0.456 e. The highest BCUT2D eigenvalue weighted by molar-refractivity contribution is 7.98. The third-order valence-corrected chi connectivity index (χ3v) is 3.43. The fraction of sp³-hybridized carbons (Fsp3) is 0.154. The lowest BCUT2D eigenvalue weighted by Gasteiger charge is -2.06. The minimum Gasteiger partial charge on any atom is -0.456 e. The molecule has 0 unspecified atom stereocenters. The van der Waals surface area contributed by atoms with Crippen LogP contribution in [0.25, 0.3) is 0 Å². The molecule has 1 heterocycles. The van der Waals surface area contributed by atoms with E-state index in [1.165, 1.54) is 18.0 Å². The summed E-state index contributed by atoms with van der Waals surface area (Å²) >= 11 is 13.1. The summed E-state index contributed by atoms with van der Waals surface area (Å²) in [5.74, 6) is -0.590. The van der Waals surface area contributed by atoms with Crippen LogP contribution in [0, 0.1) is 0 Å². The first-order valence-corrected chi connectivity index (χ1v) is 7.56. The molecule has 0 amide bonds. The first-order valence-electron chi connectivity index (χ1n) is 5.58. The number of carbonyl (C=O) groups excluding carboxylic acids is 1. The van der Waals surface area contributed by atoms with Gasteiger partial charge in [0.15, 0.2) is 10.9 Å². The lowest BCUT2D eigenvalue weighted by molar-refractivity contribution is 0.0464. The Morgan fingerprint density at radius 1 is 1.40 bits per heavy atom. The molecule has 1 aromatic heterocycles. The van der Waals surface area contributed by atoms with Gasteiger partial charge in [0.1, 0.15) is 6.61 Å². The number of rotatable bonds is 4. The normalized spacial score (nSPS) is 10.3. The van der Waals surface area contributed by atoms with Crippen LogP contribution in [0.3, 0.4) is 0 Å². The standard InChI is InChI=1S/C13H10Cl2N2O2S/c1-20-13-16-6-10(15)11(17-13)12(18)19-7-8-3-2-4-9(14)5-8/h2-6H,7H2,1H3. The van der Waals surface area contributed by atoms with E-state index in [2.05, 4.69) is 9.97 Å². The lowest BCUT2D eigenvalue weighted by atomic mass is 10.2. The number of hydrogen-bond donors (Lipinski definition) is 0. The Morgan fingerprint density at radius 3 is 2.90 bits per heavy atom. The second kappa shape index (κ2) is 6.92. The van der Waals surface area contributed by atoms with E-state index >= 15 is 0 Å². The molecule has 7 heteroatoms. The summed E-state index contributed by atoms with van der Waals surface area (Å²) in [7, 11) is 0. The van der Waals surface area contributed by atoms with Crippen LogP contribution in [0.15, 0.2) is 35.6 Å². The maximum absolute atomic E-state index is 12.0. The van der Waals surface area contributed by atoms with Crippen molar-refractivity contribution < 1.29 is 9.53 Å². The van der Waals surface area contributed by atoms with E-state index < -0.39 is 5.97 Å². The summed E-state index contributed by atoms with van der Waals surface area (Å²) < 4.78 is 5.17. The minimum atomic E-state index is -0.590. The average Bonchev–Trinajstić information content (AvgIpc) is 2.45. The van der Waals surface area contributed by atoms with Crippen molar-refractivity contribution in [2.45, 2.75) is 11.8 Å². The van der Waals surface area contributed by atoms with E-state index in [9.17, 15) is 4.79 Å². The third-order valence-electron chi connectivity index (χ3n) is 2.36. The van der Waals surface area contributed by atoms with Gasteiger partial charge < -0.3 is 4.74 Å². The number of nitrogens with zero attached hydrogens (tertiary/aromatic N) is 2. The predicted molar refractivity (Wildman–Crippen MR) is 79.4 cm³/mol. The Labute approximate surface area is 130 Å². The van der Waals surface area contributed by atoms with Crippen molar-refractivity contribution >= 4 is 40.9 Å². The smallest absolute Gasteiger partial charge is 0.358 e. The molecular formula is C13H10Cl2N2O2S. The number of aromatic nitrogens is 2. The molecule has 0 atom stereocenters. The van der Waals surface area contributed by atoms with Crippen LogP contribution in [0.4, 0.5) is 0 Å². The summed E-state index contributed by atoms with van der Waals surface area (Å²) in [6, 6.07) is 7.08. The van der Waals surface area contributed by atoms with Crippen LogP contribution in [-0.2, 0) is 11.3 Å². The third kappa shape index (κ3) is 3.85. The average molecular weight is 329 g/mol. The molecule has 20 heavy (non-hydrogen) atoms. The van der Waals surface area contributed by atoms with Gasteiger partial charge in [-0.2, -0.15) is 0 Å². The van der Waals surface area contributed by atoms with Crippen LogP contribution in [0.1, 0.15) is 16.1 Å². The van der Waals surface area contributed by atoms with Crippen LogP contribution < -0.4 is 0 Å². The van der Waals surface area contributed by atoms with Gasteiger partial charge in [-0.1, -0.05) is 47.1 Å². The number of halogens is 2. The molecule has 0 bridgehead atoms. The van der Waals surface area contributed by atoms with Crippen LogP contribution in [0.5, 0.6) is 0 Å². The quantitative estimate of drug-likeness (QED) is 0.484. The highest BCUT2D eigenvalue weighted by Crippen LogP contribution is 2.18. The van der Waals surface area contributed by atoms with Gasteiger partial charge in [0, 0.05) is 5.02 Å². The number of thioether (sulfide) groups is 1. The topological polar surface area (TPSA) is 52.1 Å². The highest BCUT2D eigenvalue weighted by Gasteiger charge is 2.15. The van der Waals surface area contributed by atoms with Crippen molar-refractivity contribution in [3.05, 3.63) is 51.8 Å². The van der Waals surface area contributed by atoms with Crippen molar-refractivity contribution in [1.82, 2.24) is 9.97 Å². The fourth-order valence-corrected chi connectivity index (χ4v) is 2.16. The number of esters is 1. The molecule has 2 aromatic rings. The van der Waals surface area contributed by atoms with Gasteiger partial charge >= 0.3 is 5.97 Å². The van der Waals surface area contributed by atoms with Gasteiger partial charge in [-0.3, -0.25) is 0 Å². The minimum absolute atomic E-state index is 0.0630. The van der Waals surface area contributed by atoms with Gasteiger partial charge in [-0.25, -0.2) is 14.8 Å². The molecule has 104 valence electrons. The van der Waals surface area contributed by atoms with Gasteiger partial charge in [-0.15, -0.1) is 0 Å². The van der Waals surface area contributed by atoms with Crippen LogP contribution >= 0.6 is 35.0 Å². The van der Waals surface area contributed by atoms with E-state index in [0.29, 0.717) is 10.2 Å². The molecular weight excluding hydrogens is 319 g/mol. The zero-order valence-corrected chi connectivity index (χ0v) is 12.8. The van der Waals surface area contributed by atoms with Gasteiger partial charge in [0.2, 0.25) is 0 Å². The second-order valence-electron chi connectivity index (χ2n) is 3.76. The van der Waals surface area contributed by atoms with Gasteiger partial charge in [-0.05, 0) is 24.0 Å². The Kier molecular flexibility index (Phi) is 5.23. The molecule has 0 N–H and O–H groups in total. The number of benzene rings is 1. The van der Waals surface area contributed by atoms with E-state index in [1.807, 2.05) is 12.3 Å². The van der Waals surface area contributed by atoms with E-state index in [0.717, 1.165) is 5.56 Å². The summed E-state index contributed by atoms with van der Waals surface area (Å²) in [5.41, 5.74) is 0.856. The van der Waals surface area contributed by atoms with Gasteiger partial charge in [0.05, 0.1) is 11.2 Å². The van der Waals surface area contributed by atoms with Crippen molar-refractivity contribution in [3.8, 4) is 0 Å². The van der Waals surface area contributed by atoms with Crippen molar-refractivity contribution in [2.24, 2.45) is 0 Å². The maximum Gasteiger partial charge on any atom is 0.358 e. The first kappa shape index (κ1) is 15.1. The number of hydrogen-bond acceptors (Lipinski definition) is 5. The van der Waals surface area contributed by atoms with Crippen molar-refractivity contribution in [3.63, 3.8) is 0 Å². The fourth-order valence-electron chi connectivity index (χ4n) is 1.44. The molecule has 2 rings (SSSR count). The molecule has 0 saturated heterocycles. The zero-order valence-electron chi connectivity index (χ0n) is 10.5. The molecule has 0 saturated carbocycles. The molecule has 0 aliphatic rings. The zero-order chi connectivity index (χ0) is 14.5. The summed E-state index contributed by atoms with van der Waals surface area (Å²) in [6.07, 6.45) is 3.20. The molecule has 1 aromatic carbocycles. The van der Waals surface area contributed by atoms with E-state index in [1.54, 1.807) is 18.2 Å². The lowest BCUT2D eigenvalue weighted by Crippen LogP contribution is -2.09. The maximum atomic E-state index is 12.0. The summed E-state index contributed by atoms with van der Waals surface area (Å²) in [6.45, 7) is 0.105. The van der Waals surface area contributed by atoms with Crippen LogP contribution in [-0.4, -0.2) is 22.2 Å². The molecule has 4 nitrogen and oxygen atoms in total. The Balaban J connectivity index is 2.08. The molecule has 0 spiro atoms.